The van der Waals surface area contributed by atoms with Gasteiger partial charge in [0.2, 0.25) is 0 Å². The highest BCUT2D eigenvalue weighted by Gasteiger charge is 1.72. The molecule has 1 aromatic rings. The van der Waals surface area contributed by atoms with Gasteiger partial charge in [0.15, 0.2) is 12.7 Å². The van der Waals surface area contributed by atoms with Crippen LogP contribution in [0.4, 0.5) is 0 Å². The molecule has 0 bridgehead atoms. The maximum atomic E-state index is 4.55. The number of nitrogens with zero attached hydrogens (tertiary/aromatic N) is 4. The van der Waals surface area contributed by atoms with Crippen molar-refractivity contribution in [2.45, 2.75) is 0 Å². The highest BCUT2D eigenvalue weighted by atomic mass is 16.6. The van der Waals surface area contributed by atoms with E-state index in [0.717, 1.165) is 0 Å². The molecule has 0 saturated heterocycles. The van der Waals surface area contributed by atoms with Gasteiger partial charge in [0, 0.05) is 6.20 Å². The van der Waals surface area contributed by atoms with Crippen LogP contribution in [0.3, 0.4) is 0 Å². The van der Waals surface area contributed by atoms with Gasteiger partial charge in [0.05, 0.1) is 0 Å². The zero-order chi connectivity index (χ0) is 8.49. The van der Waals surface area contributed by atoms with Crippen LogP contribution < -0.4 is 5.48 Å². The number of hydroxylamine groups is 1. The van der Waals surface area contributed by atoms with Crippen LogP contribution in [0, 0.1) is 0 Å². The Morgan fingerprint density at radius 3 is 1.75 bits per heavy atom. The van der Waals surface area contributed by atoms with E-state index in [0.29, 0.717) is 0 Å². The molecule has 1 N–H and O–H groups in total. The minimum absolute atomic E-state index is 1.28. The summed E-state index contributed by atoms with van der Waals surface area (Å²) in [5.41, 5.74) is 2.52. The standard InChI is InChI=1S/C4H5NO.C2H2N4/c1-2-4-6-5-3-1;1-3-5-2-6-4-1/h1-5H;1-2H. The number of allylic oxidation sites excluding steroid dienone is 2. The Bertz CT molecular complexity index is 209. The van der Waals surface area contributed by atoms with Gasteiger partial charge in [-0.2, -0.15) is 0 Å². The summed E-state index contributed by atoms with van der Waals surface area (Å²) >= 11 is 0. The molecule has 2 rings (SSSR count). The molecule has 0 atom stereocenters. The van der Waals surface area contributed by atoms with Crippen LogP contribution >= 0.6 is 0 Å². The number of nitrogens with one attached hydrogen (secondary N) is 1. The molecule has 6 heteroatoms. The summed E-state index contributed by atoms with van der Waals surface area (Å²) in [4.78, 5) is 4.55. The van der Waals surface area contributed by atoms with E-state index in [2.05, 4.69) is 30.7 Å². The van der Waals surface area contributed by atoms with Gasteiger partial charge < -0.3 is 4.84 Å². The minimum Gasteiger partial charge on any atom is -0.391 e. The molecule has 0 spiro atoms. The minimum atomic E-state index is 1.28. The molecule has 0 fully saturated rings. The Morgan fingerprint density at radius 1 is 0.917 bits per heavy atom. The van der Waals surface area contributed by atoms with Gasteiger partial charge in [0.1, 0.15) is 6.26 Å². The third-order valence-corrected chi connectivity index (χ3v) is 0.830. The molecule has 0 aliphatic carbocycles. The van der Waals surface area contributed by atoms with Gasteiger partial charge in [-0.1, -0.05) is 0 Å². The summed E-state index contributed by atoms with van der Waals surface area (Å²) in [7, 11) is 0. The van der Waals surface area contributed by atoms with Crippen molar-refractivity contribution in [2.24, 2.45) is 0 Å². The van der Waals surface area contributed by atoms with E-state index in [1.54, 1.807) is 18.5 Å². The average Bonchev–Trinajstić information content (AvgIpc) is 2.24. The molecule has 0 saturated carbocycles. The van der Waals surface area contributed by atoms with Crippen molar-refractivity contribution in [3.63, 3.8) is 0 Å². The zero-order valence-electron chi connectivity index (χ0n) is 6.16. The first-order valence-corrected chi connectivity index (χ1v) is 3.16. The van der Waals surface area contributed by atoms with Crippen LogP contribution in [-0.2, 0) is 4.84 Å². The molecular formula is C6H7N5O. The van der Waals surface area contributed by atoms with E-state index in [1.807, 2.05) is 6.08 Å². The molecule has 2 heterocycles. The quantitative estimate of drug-likeness (QED) is 0.574. The Kier molecular flexibility index (Phi) is 3.91. The summed E-state index contributed by atoms with van der Waals surface area (Å²) < 4.78 is 0. The second kappa shape index (κ2) is 5.78. The Hall–Kier alpha value is -1.98. The van der Waals surface area contributed by atoms with Crippen molar-refractivity contribution in [1.82, 2.24) is 25.9 Å². The zero-order valence-corrected chi connectivity index (χ0v) is 6.16. The molecule has 1 aliphatic heterocycles. The van der Waals surface area contributed by atoms with Gasteiger partial charge in [-0.25, -0.2) is 5.48 Å². The van der Waals surface area contributed by atoms with Gasteiger partial charge in [0.25, 0.3) is 0 Å². The summed E-state index contributed by atoms with van der Waals surface area (Å²) in [6.07, 6.45) is 9.49. The first-order chi connectivity index (χ1) is 6.00. The number of aromatic nitrogens is 4. The molecule has 0 aromatic carbocycles. The molecular weight excluding hydrogens is 158 g/mol. The normalized spacial score (nSPS) is 12.0. The van der Waals surface area contributed by atoms with Crippen molar-refractivity contribution in [3.8, 4) is 0 Å². The predicted molar refractivity (Wildman–Crippen MR) is 40.1 cm³/mol. The Labute approximate surface area is 68.9 Å². The lowest BCUT2D eigenvalue weighted by molar-refractivity contribution is 0.172. The molecule has 0 amide bonds. The van der Waals surface area contributed by atoms with Crippen LogP contribution in [0.5, 0.6) is 0 Å². The molecule has 1 aromatic heterocycles. The van der Waals surface area contributed by atoms with Crippen LogP contribution in [0.1, 0.15) is 0 Å². The number of hydrogen-bond donors (Lipinski definition) is 1. The van der Waals surface area contributed by atoms with Crippen molar-refractivity contribution < 1.29 is 4.84 Å². The average molecular weight is 165 g/mol. The number of hydrogen-bond acceptors (Lipinski definition) is 6. The van der Waals surface area contributed by atoms with Crippen LogP contribution in [0.25, 0.3) is 0 Å². The smallest absolute Gasteiger partial charge is 0.160 e. The highest BCUT2D eigenvalue weighted by molar-refractivity contribution is 5.00. The van der Waals surface area contributed by atoms with E-state index < -0.39 is 0 Å². The van der Waals surface area contributed by atoms with Crippen LogP contribution in [-0.4, -0.2) is 20.4 Å². The summed E-state index contributed by atoms with van der Waals surface area (Å²) in [5, 5.41) is 13.4. The first kappa shape index (κ1) is 8.12. The molecule has 12 heavy (non-hydrogen) atoms. The van der Waals surface area contributed by atoms with Crippen molar-refractivity contribution in [2.75, 3.05) is 0 Å². The van der Waals surface area contributed by atoms with Crippen molar-refractivity contribution >= 4 is 0 Å². The summed E-state index contributed by atoms with van der Waals surface area (Å²) in [5.74, 6) is 0. The van der Waals surface area contributed by atoms with Gasteiger partial charge in [-0.3, -0.25) is 0 Å². The molecule has 1 aliphatic rings. The monoisotopic (exact) mass is 165 g/mol. The fourth-order valence-electron chi connectivity index (χ4n) is 0.423. The lowest BCUT2D eigenvalue weighted by atomic mass is 10.6. The topological polar surface area (TPSA) is 72.8 Å². The van der Waals surface area contributed by atoms with Crippen LogP contribution in [0.2, 0.25) is 0 Å². The van der Waals surface area contributed by atoms with E-state index in [-0.39, 0.29) is 0 Å². The van der Waals surface area contributed by atoms with E-state index in [9.17, 15) is 0 Å². The second-order valence-corrected chi connectivity index (χ2v) is 1.62. The third kappa shape index (κ3) is 3.94. The lowest BCUT2D eigenvalue weighted by Gasteiger charge is -1.97. The second-order valence-electron chi connectivity index (χ2n) is 1.62. The van der Waals surface area contributed by atoms with Crippen molar-refractivity contribution in [3.05, 3.63) is 37.3 Å². The molecule has 0 unspecified atom stereocenters. The van der Waals surface area contributed by atoms with Gasteiger partial charge >= 0.3 is 0 Å². The molecule has 0 radical (unpaired) electrons. The molecule has 6 nitrogen and oxygen atoms in total. The predicted octanol–water partition coefficient (Wildman–Crippen LogP) is -0.185. The Balaban J connectivity index is 0.000000120. The molecule has 62 valence electrons. The Morgan fingerprint density at radius 2 is 1.58 bits per heavy atom. The van der Waals surface area contributed by atoms with Crippen LogP contribution in [0.15, 0.2) is 37.3 Å². The van der Waals surface area contributed by atoms with Gasteiger partial charge in [-0.15, -0.1) is 20.4 Å². The summed E-state index contributed by atoms with van der Waals surface area (Å²) in [6.45, 7) is 0. The highest BCUT2D eigenvalue weighted by Crippen LogP contribution is 1.80. The lowest BCUT2D eigenvalue weighted by Crippen LogP contribution is -2.01. The SMILES string of the molecule is C1=CNOC=C1.c1nncnn1. The van der Waals surface area contributed by atoms with E-state index in [4.69, 9.17) is 0 Å². The van der Waals surface area contributed by atoms with Crippen molar-refractivity contribution in [1.29, 1.82) is 0 Å². The summed E-state index contributed by atoms with van der Waals surface area (Å²) in [6, 6.07) is 0. The number of rotatable bonds is 0. The fourth-order valence-corrected chi connectivity index (χ4v) is 0.423. The maximum absolute atomic E-state index is 4.55. The largest absolute Gasteiger partial charge is 0.391 e. The fraction of sp³-hybridized carbons (Fsp3) is 0. The van der Waals surface area contributed by atoms with E-state index in [1.165, 1.54) is 12.7 Å². The third-order valence-electron chi connectivity index (χ3n) is 0.830. The van der Waals surface area contributed by atoms with E-state index >= 15 is 0 Å². The van der Waals surface area contributed by atoms with Gasteiger partial charge in [-0.05, 0) is 12.2 Å². The first-order valence-electron chi connectivity index (χ1n) is 3.16. The maximum Gasteiger partial charge on any atom is 0.160 e.